The molecule has 2 rings (SSSR count). The lowest BCUT2D eigenvalue weighted by molar-refractivity contribution is 0.0647. The highest BCUT2D eigenvalue weighted by Gasteiger charge is 2.26. The predicted molar refractivity (Wildman–Crippen MR) is 82.1 cm³/mol. The molecule has 0 aliphatic heterocycles. The Morgan fingerprint density at radius 2 is 2.05 bits per heavy atom. The fourth-order valence-corrected chi connectivity index (χ4v) is 3.24. The van der Waals surface area contributed by atoms with E-state index < -0.39 is 0 Å². The van der Waals surface area contributed by atoms with Crippen LogP contribution in [0.1, 0.15) is 49.4 Å². The first-order valence-corrected chi connectivity index (χ1v) is 7.78. The Hall–Kier alpha value is -1.03. The molecule has 1 aliphatic carbocycles. The van der Waals surface area contributed by atoms with Gasteiger partial charge in [0.15, 0.2) is 0 Å². The lowest BCUT2D eigenvalue weighted by Crippen LogP contribution is -2.41. The molecule has 1 fully saturated rings. The minimum atomic E-state index is 0.0913. The van der Waals surface area contributed by atoms with Crippen LogP contribution < -0.4 is 5.73 Å². The summed E-state index contributed by atoms with van der Waals surface area (Å²) in [5.41, 5.74) is 7.10. The Morgan fingerprint density at radius 3 is 2.68 bits per heavy atom. The first-order valence-electron chi connectivity index (χ1n) is 6.99. The van der Waals surface area contributed by atoms with E-state index in [0.29, 0.717) is 17.3 Å². The van der Waals surface area contributed by atoms with Crippen LogP contribution in [0.25, 0.3) is 0 Å². The van der Waals surface area contributed by atoms with Crippen LogP contribution in [0.5, 0.6) is 0 Å². The summed E-state index contributed by atoms with van der Waals surface area (Å²) in [4.78, 5) is 14.7. The number of carbonyl (C=O) groups is 1. The number of rotatable bonds is 3. The molecule has 0 spiro atoms. The molecule has 104 valence electrons. The highest BCUT2D eigenvalue weighted by atomic mass is 79.9. The van der Waals surface area contributed by atoms with Gasteiger partial charge in [-0.1, -0.05) is 19.3 Å². The number of nitrogens with zero attached hydrogens (tertiary/aromatic N) is 1. The summed E-state index contributed by atoms with van der Waals surface area (Å²) in [6.07, 6.45) is 6.00. The molecule has 0 saturated heterocycles. The minimum absolute atomic E-state index is 0.0913. The van der Waals surface area contributed by atoms with Gasteiger partial charge in [-0.15, -0.1) is 0 Å². The van der Waals surface area contributed by atoms with E-state index in [1.165, 1.54) is 19.3 Å². The first kappa shape index (κ1) is 14.4. The molecule has 3 nitrogen and oxygen atoms in total. The molecule has 1 aromatic rings. The normalized spacial score (nSPS) is 16.3. The molecule has 1 aliphatic rings. The molecule has 2 N–H and O–H groups in total. The Balaban J connectivity index is 2.22. The molecule has 0 aromatic heterocycles. The number of hydrogen-bond acceptors (Lipinski definition) is 2. The number of nitrogen functional groups attached to an aromatic ring is 1. The largest absolute Gasteiger partial charge is 0.399 e. The number of halogens is 1. The van der Waals surface area contributed by atoms with Gasteiger partial charge in [0, 0.05) is 22.7 Å². The summed E-state index contributed by atoms with van der Waals surface area (Å²) in [7, 11) is 0. The molecule has 0 atom stereocenters. The smallest absolute Gasteiger partial charge is 0.255 e. The third-order valence-corrected chi connectivity index (χ3v) is 4.53. The van der Waals surface area contributed by atoms with Crippen molar-refractivity contribution in [2.45, 2.75) is 45.1 Å². The summed E-state index contributed by atoms with van der Waals surface area (Å²) >= 11 is 3.45. The van der Waals surface area contributed by atoms with Gasteiger partial charge in [-0.25, -0.2) is 0 Å². The summed E-state index contributed by atoms with van der Waals surface area (Å²) in [5.74, 6) is 0.0913. The number of benzene rings is 1. The number of anilines is 1. The van der Waals surface area contributed by atoms with Crippen molar-refractivity contribution in [3.8, 4) is 0 Å². The van der Waals surface area contributed by atoms with Gasteiger partial charge >= 0.3 is 0 Å². The van der Waals surface area contributed by atoms with Crippen molar-refractivity contribution in [1.29, 1.82) is 0 Å². The number of hydrogen-bond donors (Lipinski definition) is 1. The number of nitrogens with two attached hydrogens (primary N) is 1. The quantitative estimate of drug-likeness (QED) is 0.859. The summed E-state index contributed by atoms with van der Waals surface area (Å²) in [6.45, 7) is 2.80. The molecule has 19 heavy (non-hydrogen) atoms. The van der Waals surface area contributed by atoms with E-state index in [4.69, 9.17) is 5.73 Å². The van der Waals surface area contributed by atoms with E-state index in [1.807, 2.05) is 17.9 Å². The first-order chi connectivity index (χ1) is 9.13. The monoisotopic (exact) mass is 324 g/mol. The molecule has 1 amide bonds. The lowest BCUT2D eigenvalue weighted by Gasteiger charge is -2.34. The molecule has 1 saturated carbocycles. The average Bonchev–Trinajstić information content (AvgIpc) is 2.43. The van der Waals surface area contributed by atoms with Crippen molar-refractivity contribution in [2.24, 2.45) is 0 Å². The van der Waals surface area contributed by atoms with Gasteiger partial charge in [0.05, 0.1) is 5.56 Å². The maximum Gasteiger partial charge on any atom is 0.255 e. The summed E-state index contributed by atoms with van der Waals surface area (Å²) < 4.78 is 0.820. The maximum absolute atomic E-state index is 12.7. The van der Waals surface area contributed by atoms with Crippen molar-refractivity contribution in [1.82, 2.24) is 4.90 Å². The second-order valence-corrected chi connectivity index (χ2v) is 5.98. The standard InChI is InChI=1S/C15H21BrN2O/c1-2-18(12-6-4-3-5-7-12)15(19)13-10-11(17)8-9-14(13)16/h8-10,12H,2-7,17H2,1H3. The van der Waals surface area contributed by atoms with Gasteiger partial charge in [-0.3, -0.25) is 4.79 Å². The van der Waals surface area contributed by atoms with Crippen LogP contribution in [-0.2, 0) is 0 Å². The average molecular weight is 325 g/mol. The van der Waals surface area contributed by atoms with Gasteiger partial charge in [0.2, 0.25) is 0 Å². The van der Waals surface area contributed by atoms with Gasteiger partial charge in [0.1, 0.15) is 0 Å². The van der Waals surface area contributed by atoms with Crippen LogP contribution in [0, 0.1) is 0 Å². The van der Waals surface area contributed by atoms with E-state index in [-0.39, 0.29) is 5.91 Å². The Labute approximate surface area is 123 Å². The lowest BCUT2D eigenvalue weighted by atomic mass is 9.93. The zero-order chi connectivity index (χ0) is 13.8. The number of amides is 1. The highest BCUT2D eigenvalue weighted by molar-refractivity contribution is 9.10. The van der Waals surface area contributed by atoms with Crippen molar-refractivity contribution < 1.29 is 4.79 Å². The van der Waals surface area contributed by atoms with Gasteiger partial charge in [0.25, 0.3) is 5.91 Å². The molecular weight excluding hydrogens is 304 g/mol. The zero-order valence-electron chi connectivity index (χ0n) is 11.4. The van der Waals surface area contributed by atoms with Crippen molar-refractivity contribution >= 4 is 27.5 Å². The van der Waals surface area contributed by atoms with Crippen LogP contribution in [0.4, 0.5) is 5.69 Å². The molecule has 0 radical (unpaired) electrons. The van der Waals surface area contributed by atoms with E-state index in [1.54, 1.807) is 12.1 Å². The van der Waals surface area contributed by atoms with Crippen LogP contribution in [0.15, 0.2) is 22.7 Å². The molecular formula is C15H21BrN2O. The molecule has 0 heterocycles. The Bertz CT molecular complexity index is 455. The molecule has 0 unspecified atom stereocenters. The van der Waals surface area contributed by atoms with Crippen LogP contribution in [0.3, 0.4) is 0 Å². The van der Waals surface area contributed by atoms with Crippen LogP contribution in [-0.4, -0.2) is 23.4 Å². The van der Waals surface area contributed by atoms with E-state index in [9.17, 15) is 4.79 Å². The zero-order valence-corrected chi connectivity index (χ0v) is 12.9. The molecule has 4 heteroatoms. The molecule has 0 bridgehead atoms. The second-order valence-electron chi connectivity index (χ2n) is 5.12. The fourth-order valence-electron chi connectivity index (χ4n) is 2.82. The van der Waals surface area contributed by atoms with Crippen LogP contribution >= 0.6 is 15.9 Å². The van der Waals surface area contributed by atoms with E-state index in [0.717, 1.165) is 23.9 Å². The predicted octanol–water partition coefficient (Wildman–Crippen LogP) is 3.83. The highest BCUT2D eigenvalue weighted by Crippen LogP contribution is 2.26. The van der Waals surface area contributed by atoms with Gasteiger partial charge < -0.3 is 10.6 Å². The number of carbonyl (C=O) groups excluding carboxylic acids is 1. The fraction of sp³-hybridized carbons (Fsp3) is 0.533. The topological polar surface area (TPSA) is 46.3 Å². The Kier molecular flexibility index (Phi) is 4.86. The SMILES string of the molecule is CCN(C(=O)c1cc(N)ccc1Br)C1CCCCC1. The van der Waals surface area contributed by atoms with Crippen molar-refractivity contribution in [3.63, 3.8) is 0 Å². The van der Waals surface area contributed by atoms with Gasteiger partial charge in [-0.05, 0) is 53.9 Å². The summed E-state index contributed by atoms with van der Waals surface area (Å²) in [5, 5.41) is 0. The van der Waals surface area contributed by atoms with E-state index >= 15 is 0 Å². The summed E-state index contributed by atoms with van der Waals surface area (Å²) in [6, 6.07) is 5.80. The molecule has 1 aromatic carbocycles. The third kappa shape index (κ3) is 3.30. The van der Waals surface area contributed by atoms with Crippen molar-refractivity contribution in [3.05, 3.63) is 28.2 Å². The van der Waals surface area contributed by atoms with Gasteiger partial charge in [-0.2, -0.15) is 0 Å². The van der Waals surface area contributed by atoms with Crippen LogP contribution in [0.2, 0.25) is 0 Å². The third-order valence-electron chi connectivity index (χ3n) is 3.84. The Morgan fingerprint density at radius 1 is 1.37 bits per heavy atom. The minimum Gasteiger partial charge on any atom is -0.399 e. The maximum atomic E-state index is 12.7. The van der Waals surface area contributed by atoms with E-state index in [2.05, 4.69) is 15.9 Å². The van der Waals surface area contributed by atoms with Crippen molar-refractivity contribution in [2.75, 3.05) is 12.3 Å². The second kappa shape index (κ2) is 6.42.